The first-order valence-corrected chi connectivity index (χ1v) is 7.96. The van der Waals surface area contributed by atoms with Gasteiger partial charge in [0, 0.05) is 19.3 Å². The molecule has 9 nitrogen and oxygen atoms in total. The minimum atomic E-state index is -0.569. The van der Waals surface area contributed by atoms with Crippen molar-refractivity contribution in [2.24, 2.45) is 0 Å². The lowest BCUT2D eigenvalue weighted by Crippen LogP contribution is -2.33. The maximum Gasteiger partial charge on any atom is 0.307 e. The van der Waals surface area contributed by atoms with Gasteiger partial charge in [0.25, 0.3) is 0 Å². The van der Waals surface area contributed by atoms with Crippen LogP contribution in [0, 0.1) is 17.0 Å². The molecule has 0 bridgehead atoms. The molecule has 10 heteroatoms. The van der Waals surface area contributed by atoms with Crippen molar-refractivity contribution in [3.8, 4) is 0 Å². The predicted octanol–water partition coefficient (Wildman–Crippen LogP) is 2.11. The Morgan fingerprint density at radius 3 is 2.79 bits per heavy atom. The van der Waals surface area contributed by atoms with E-state index in [1.165, 1.54) is 10.9 Å². The van der Waals surface area contributed by atoms with Gasteiger partial charge in [-0.1, -0.05) is 18.5 Å². The lowest BCUT2D eigenvalue weighted by atomic mass is 10.2. The largest absolute Gasteiger partial charge is 0.354 e. The molecule has 1 unspecified atom stereocenters. The first-order valence-electron chi connectivity index (χ1n) is 7.58. The highest BCUT2D eigenvalue weighted by atomic mass is 35.5. The first-order chi connectivity index (χ1) is 11.4. The third-order valence-electron chi connectivity index (χ3n) is 3.56. The fraction of sp³-hybridized carbons (Fsp3) is 0.500. The fourth-order valence-electron chi connectivity index (χ4n) is 2.26. The van der Waals surface area contributed by atoms with Crippen LogP contribution >= 0.6 is 11.6 Å². The van der Waals surface area contributed by atoms with Crippen LogP contribution in [0.3, 0.4) is 0 Å². The topological polar surface area (TPSA) is 108 Å². The highest BCUT2D eigenvalue weighted by molar-refractivity contribution is 6.31. The smallest absolute Gasteiger partial charge is 0.307 e. The summed E-state index contributed by atoms with van der Waals surface area (Å²) in [6.07, 6.45) is 5.33. The van der Waals surface area contributed by atoms with Crippen molar-refractivity contribution in [1.82, 2.24) is 24.9 Å². The minimum Gasteiger partial charge on any atom is -0.354 e. The first kappa shape index (κ1) is 17.9. The lowest BCUT2D eigenvalue weighted by molar-refractivity contribution is -0.385. The second-order valence-electron chi connectivity index (χ2n) is 5.33. The highest BCUT2D eigenvalue weighted by Gasteiger charge is 2.21. The van der Waals surface area contributed by atoms with E-state index < -0.39 is 11.0 Å². The molecule has 2 aromatic rings. The average molecular weight is 355 g/mol. The number of hydrogen-bond donors (Lipinski definition) is 1. The molecule has 0 aliphatic rings. The summed E-state index contributed by atoms with van der Waals surface area (Å²) in [5.41, 5.74) is 0.638. The maximum atomic E-state index is 12.2. The van der Waals surface area contributed by atoms with E-state index >= 15 is 0 Å². The van der Waals surface area contributed by atoms with Gasteiger partial charge in [0.1, 0.15) is 18.4 Å². The summed E-state index contributed by atoms with van der Waals surface area (Å²) in [6.45, 7) is 4.76. The van der Waals surface area contributed by atoms with Crippen molar-refractivity contribution in [1.29, 1.82) is 0 Å². The fourth-order valence-corrected chi connectivity index (χ4v) is 2.41. The zero-order valence-electron chi connectivity index (χ0n) is 13.5. The van der Waals surface area contributed by atoms with Gasteiger partial charge in [-0.3, -0.25) is 24.3 Å². The molecule has 2 heterocycles. The van der Waals surface area contributed by atoms with Crippen molar-refractivity contribution >= 4 is 23.2 Å². The summed E-state index contributed by atoms with van der Waals surface area (Å²) < 4.78 is 3.06. The van der Waals surface area contributed by atoms with Gasteiger partial charge < -0.3 is 5.32 Å². The van der Waals surface area contributed by atoms with Gasteiger partial charge in [-0.25, -0.2) is 0 Å². The van der Waals surface area contributed by atoms with Crippen LogP contribution in [-0.2, 0) is 11.3 Å². The Balaban J connectivity index is 1.84. The van der Waals surface area contributed by atoms with E-state index in [-0.39, 0.29) is 11.6 Å². The van der Waals surface area contributed by atoms with Crippen LogP contribution in [0.5, 0.6) is 0 Å². The Morgan fingerprint density at radius 2 is 2.25 bits per heavy atom. The minimum absolute atomic E-state index is 0.132. The summed E-state index contributed by atoms with van der Waals surface area (Å²) in [5.74, 6) is -0.217. The summed E-state index contributed by atoms with van der Waals surface area (Å²) in [5, 5.41) is 22.3. The van der Waals surface area contributed by atoms with Gasteiger partial charge in [0.05, 0.1) is 15.6 Å². The van der Waals surface area contributed by atoms with Gasteiger partial charge in [0.2, 0.25) is 5.91 Å². The number of carbonyl (C=O) groups excluding carboxylic acids is 1. The number of nitro groups is 1. The van der Waals surface area contributed by atoms with Crippen molar-refractivity contribution in [2.45, 2.75) is 39.3 Å². The summed E-state index contributed by atoms with van der Waals surface area (Å²) in [6, 6.07) is -0.569. The number of nitrogens with one attached hydrogen (secondary N) is 1. The summed E-state index contributed by atoms with van der Waals surface area (Å²) in [7, 11) is 0. The standard InChI is InChI=1S/C14H19ClN6O3/c1-3-13(20-8-11(7-17-20)21(23)24)14(22)16-5-4-6-19-9-12(15)10(2)18-19/h7-9,13H,3-6H2,1-2H3,(H,16,22). The van der Waals surface area contributed by atoms with Gasteiger partial charge in [-0.15, -0.1) is 0 Å². The Morgan fingerprint density at radius 1 is 1.50 bits per heavy atom. The Kier molecular flexibility index (Phi) is 5.91. The molecular weight excluding hydrogens is 336 g/mol. The lowest BCUT2D eigenvalue weighted by Gasteiger charge is -2.15. The molecule has 2 aromatic heterocycles. The van der Waals surface area contributed by atoms with E-state index in [9.17, 15) is 14.9 Å². The number of aromatic nitrogens is 4. The van der Waals surface area contributed by atoms with E-state index in [0.717, 1.165) is 11.9 Å². The van der Waals surface area contributed by atoms with Crippen LogP contribution in [0.1, 0.15) is 31.5 Å². The van der Waals surface area contributed by atoms with Gasteiger partial charge in [-0.2, -0.15) is 10.2 Å². The normalized spacial score (nSPS) is 12.1. The molecule has 1 amide bonds. The van der Waals surface area contributed by atoms with Crippen LogP contribution in [0.4, 0.5) is 5.69 Å². The third-order valence-corrected chi connectivity index (χ3v) is 3.93. The van der Waals surface area contributed by atoms with Gasteiger partial charge >= 0.3 is 5.69 Å². The molecule has 2 rings (SSSR count). The highest BCUT2D eigenvalue weighted by Crippen LogP contribution is 2.16. The second-order valence-corrected chi connectivity index (χ2v) is 5.74. The predicted molar refractivity (Wildman–Crippen MR) is 87.8 cm³/mol. The molecule has 1 N–H and O–H groups in total. The molecule has 0 aromatic carbocycles. The molecule has 0 aliphatic carbocycles. The number of hydrogen-bond acceptors (Lipinski definition) is 5. The van der Waals surface area contributed by atoms with Gasteiger partial charge in [-0.05, 0) is 19.8 Å². The maximum absolute atomic E-state index is 12.2. The zero-order chi connectivity index (χ0) is 17.7. The molecule has 130 valence electrons. The van der Waals surface area contributed by atoms with E-state index in [0.29, 0.717) is 31.0 Å². The molecule has 0 aliphatic heterocycles. The molecule has 0 fully saturated rings. The molecule has 0 radical (unpaired) electrons. The van der Waals surface area contributed by atoms with Gasteiger partial charge in [0.15, 0.2) is 0 Å². The van der Waals surface area contributed by atoms with E-state index in [1.54, 1.807) is 10.9 Å². The number of amides is 1. The molecule has 1 atom stereocenters. The number of nitrogens with zero attached hydrogens (tertiary/aromatic N) is 5. The van der Waals surface area contributed by atoms with Crippen LogP contribution in [0.25, 0.3) is 0 Å². The Bertz CT molecular complexity index is 706. The SMILES string of the molecule is CCC(C(=O)NCCCn1cc(Cl)c(C)n1)n1cc([N+](=O)[O-])cn1. The van der Waals surface area contributed by atoms with Crippen LogP contribution < -0.4 is 5.32 Å². The zero-order valence-corrected chi connectivity index (χ0v) is 14.2. The second kappa shape index (κ2) is 7.91. The molecule has 0 saturated carbocycles. The Labute approximate surface area is 143 Å². The Hall–Kier alpha value is -2.42. The van der Waals surface area contributed by atoms with Crippen molar-refractivity contribution in [2.75, 3.05) is 6.54 Å². The van der Waals surface area contributed by atoms with Crippen LogP contribution in [0.15, 0.2) is 18.6 Å². The number of carbonyl (C=O) groups is 1. The van der Waals surface area contributed by atoms with Crippen LogP contribution in [0.2, 0.25) is 5.02 Å². The molecular formula is C14H19ClN6O3. The van der Waals surface area contributed by atoms with Crippen molar-refractivity contribution in [3.05, 3.63) is 39.4 Å². The van der Waals surface area contributed by atoms with E-state index in [2.05, 4.69) is 15.5 Å². The molecule has 0 spiro atoms. The number of rotatable bonds is 8. The molecule has 24 heavy (non-hydrogen) atoms. The molecule has 0 saturated heterocycles. The van der Waals surface area contributed by atoms with Crippen molar-refractivity contribution in [3.63, 3.8) is 0 Å². The van der Waals surface area contributed by atoms with Crippen LogP contribution in [-0.4, -0.2) is 36.9 Å². The monoisotopic (exact) mass is 354 g/mol. The number of aryl methyl sites for hydroxylation is 2. The summed E-state index contributed by atoms with van der Waals surface area (Å²) >= 11 is 5.93. The number of halogens is 1. The average Bonchev–Trinajstić information content (AvgIpc) is 3.13. The third kappa shape index (κ3) is 4.31. The quantitative estimate of drug-likeness (QED) is 0.443. The van der Waals surface area contributed by atoms with E-state index in [4.69, 9.17) is 11.6 Å². The van der Waals surface area contributed by atoms with E-state index in [1.807, 2.05) is 13.8 Å². The van der Waals surface area contributed by atoms with Crippen molar-refractivity contribution < 1.29 is 9.72 Å². The summed E-state index contributed by atoms with van der Waals surface area (Å²) in [4.78, 5) is 22.4.